The van der Waals surface area contributed by atoms with Gasteiger partial charge in [-0.1, -0.05) is 25.0 Å². The van der Waals surface area contributed by atoms with E-state index in [1.165, 1.54) is 36.0 Å². The third kappa shape index (κ3) is 1.40. The Morgan fingerprint density at radius 2 is 2.38 bits per heavy atom. The third-order valence-electron chi connectivity index (χ3n) is 4.20. The van der Waals surface area contributed by atoms with E-state index >= 15 is 0 Å². The van der Waals surface area contributed by atoms with Crippen molar-refractivity contribution in [3.05, 3.63) is 28.5 Å². The molecule has 1 heterocycles. The molecule has 0 saturated heterocycles. The fourth-order valence-electron chi connectivity index (χ4n) is 3.32. The summed E-state index contributed by atoms with van der Waals surface area (Å²) in [6.07, 6.45) is 9.32. The smallest absolute Gasteiger partial charge is 0.127 e. The van der Waals surface area contributed by atoms with Crippen molar-refractivity contribution < 1.29 is 4.79 Å². The lowest BCUT2D eigenvalue weighted by Crippen LogP contribution is -2.32. The molecule has 84 valence electrons. The highest BCUT2D eigenvalue weighted by atomic mass is 32.1. The van der Waals surface area contributed by atoms with Crippen LogP contribution >= 0.6 is 11.3 Å². The minimum absolute atomic E-state index is 0.0441. The van der Waals surface area contributed by atoms with E-state index in [0.29, 0.717) is 5.92 Å². The average molecular weight is 232 g/mol. The van der Waals surface area contributed by atoms with E-state index in [1.807, 2.05) is 0 Å². The number of hydrogen-bond donors (Lipinski definition) is 0. The van der Waals surface area contributed by atoms with Crippen molar-refractivity contribution in [2.45, 2.75) is 32.1 Å². The molecule has 0 N–H and O–H groups in total. The maximum atomic E-state index is 11.4. The van der Waals surface area contributed by atoms with Crippen LogP contribution in [0.3, 0.4) is 0 Å². The van der Waals surface area contributed by atoms with E-state index in [4.69, 9.17) is 0 Å². The number of rotatable bonds is 2. The molecule has 2 heteroatoms. The molecule has 3 rings (SSSR count). The molecular weight excluding hydrogens is 216 g/mol. The normalized spacial score (nSPS) is 33.2. The molecule has 1 aromatic heterocycles. The first-order valence-corrected chi connectivity index (χ1v) is 6.94. The van der Waals surface area contributed by atoms with Gasteiger partial charge in [0.1, 0.15) is 6.29 Å². The van der Waals surface area contributed by atoms with Crippen LogP contribution < -0.4 is 0 Å². The van der Waals surface area contributed by atoms with Crippen molar-refractivity contribution in [2.75, 3.05) is 0 Å². The van der Waals surface area contributed by atoms with Crippen LogP contribution in [-0.4, -0.2) is 6.29 Å². The second kappa shape index (κ2) is 3.85. The second-order valence-electron chi connectivity index (χ2n) is 4.99. The summed E-state index contributed by atoms with van der Waals surface area (Å²) in [6.45, 7) is 0. The van der Waals surface area contributed by atoms with Gasteiger partial charge in [-0.05, 0) is 42.2 Å². The number of thiophene rings is 1. The van der Waals surface area contributed by atoms with Crippen LogP contribution in [0.25, 0.3) is 5.57 Å². The highest BCUT2D eigenvalue weighted by molar-refractivity contribution is 7.11. The first-order chi connectivity index (χ1) is 7.86. The van der Waals surface area contributed by atoms with Gasteiger partial charge in [0, 0.05) is 10.3 Å². The zero-order valence-electron chi connectivity index (χ0n) is 9.32. The average Bonchev–Trinajstić information content (AvgIpc) is 2.96. The molecule has 0 bridgehead atoms. The number of aldehydes is 1. The van der Waals surface area contributed by atoms with Crippen LogP contribution in [0.5, 0.6) is 0 Å². The number of carbonyl (C=O) groups is 1. The zero-order valence-corrected chi connectivity index (χ0v) is 10.1. The fourth-order valence-corrected chi connectivity index (χ4v) is 4.14. The summed E-state index contributed by atoms with van der Waals surface area (Å²) in [4.78, 5) is 12.8. The monoisotopic (exact) mass is 232 g/mol. The van der Waals surface area contributed by atoms with Crippen LogP contribution in [-0.2, 0) is 4.79 Å². The summed E-state index contributed by atoms with van der Waals surface area (Å²) in [6, 6.07) is 4.29. The van der Waals surface area contributed by atoms with Gasteiger partial charge in [-0.2, -0.15) is 0 Å². The molecule has 0 spiro atoms. The molecule has 16 heavy (non-hydrogen) atoms. The largest absolute Gasteiger partial charge is 0.303 e. The summed E-state index contributed by atoms with van der Waals surface area (Å²) in [5.41, 5.74) is 1.40. The third-order valence-corrected chi connectivity index (χ3v) is 5.12. The Kier molecular flexibility index (Phi) is 2.47. The molecule has 2 atom stereocenters. The predicted octanol–water partition coefficient (Wildman–Crippen LogP) is 3.91. The maximum absolute atomic E-state index is 11.4. The van der Waals surface area contributed by atoms with Crippen molar-refractivity contribution in [1.29, 1.82) is 0 Å². The molecule has 1 nitrogen and oxygen atoms in total. The van der Waals surface area contributed by atoms with Gasteiger partial charge in [0.25, 0.3) is 0 Å². The van der Waals surface area contributed by atoms with Crippen LogP contribution in [0, 0.1) is 11.3 Å². The Bertz CT molecular complexity index is 418. The van der Waals surface area contributed by atoms with Gasteiger partial charge in [-0.25, -0.2) is 0 Å². The fraction of sp³-hybridized carbons (Fsp3) is 0.500. The van der Waals surface area contributed by atoms with E-state index in [2.05, 4.69) is 23.6 Å². The lowest BCUT2D eigenvalue weighted by Gasteiger charge is -2.36. The highest BCUT2D eigenvalue weighted by Crippen LogP contribution is 2.54. The lowest BCUT2D eigenvalue weighted by molar-refractivity contribution is -0.118. The Morgan fingerprint density at radius 1 is 1.44 bits per heavy atom. The van der Waals surface area contributed by atoms with E-state index in [-0.39, 0.29) is 5.41 Å². The Labute approximate surface area is 100 Å². The van der Waals surface area contributed by atoms with Gasteiger partial charge in [0.15, 0.2) is 0 Å². The maximum Gasteiger partial charge on any atom is 0.127 e. The van der Waals surface area contributed by atoms with Crippen molar-refractivity contribution in [3.8, 4) is 0 Å². The zero-order chi connectivity index (χ0) is 11.0. The van der Waals surface area contributed by atoms with Crippen molar-refractivity contribution in [2.24, 2.45) is 11.3 Å². The molecule has 0 aliphatic heterocycles. The van der Waals surface area contributed by atoms with Crippen molar-refractivity contribution in [3.63, 3.8) is 0 Å². The van der Waals surface area contributed by atoms with E-state index in [0.717, 1.165) is 12.8 Å². The standard InChI is InChI=1S/C14H16OS/c15-10-14-7-2-1-4-12(14)11(6-8-14)13-5-3-9-16-13/h3,5-6,9-10,12H,1-2,4,7-8H2/t12-,14+/m0/s1. The number of hydrogen-bond acceptors (Lipinski definition) is 2. The summed E-state index contributed by atoms with van der Waals surface area (Å²) >= 11 is 1.80. The summed E-state index contributed by atoms with van der Waals surface area (Å²) in [7, 11) is 0. The molecule has 0 amide bonds. The number of carbonyl (C=O) groups excluding carboxylic acids is 1. The molecule has 0 unspecified atom stereocenters. The number of allylic oxidation sites excluding steroid dienone is 2. The molecule has 2 aliphatic carbocycles. The summed E-state index contributed by atoms with van der Waals surface area (Å²) in [5.74, 6) is 0.498. The van der Waals surface area contributed by atoms with Crippen LogP contribution in [0.2, 0.25) is 0 Å². The molecule has 0 aromatic carbocycles. The predicted molar refractivity (Wildman–Crippen MR) is 67.4 cm³/mol. The molecule has 1 fully saturated rings. The van der Waals surface area contributed by atoms with Crippen molar-refractivity contribution in [1.82, 2.24) is 0 Å². The summed E-state index contributed by atoms with van der Waals surface area (Å²) < 4.78 is 0. The minimum Gasteiger partial charge on any atom is -0.303 e. The second-order valence-corrected chi connectivity index (χ2v) is 5.94. The Balaban J connectivity index is 1.96. The topological polar surface area (TPSA) is 17.1 Å². The number of fused-ring (bicyclic) bond motifs is 1. The van der Waals surface area contributed by atoms with E-state index in [9.17, 15) is 4.79 Å². The van der Waals surface area contributed by atoms with Gasteiger partial charge in [0.05, 0.1) is 0 Å². The molecule has 0 radical (unpaired) electrons. The first-order valence-electron chi connectivity index (χ1n) is 6.06. The van der Waals surface area contributed by atoms with Gasteiger partial charge >= 0.3 is 0 Å². The van der Waals surface area contributed by atoms with E-state index in [1.54, 1.807) is 11.3 Å². The Morgan fingerprint density at radius 3 is 3.12 bits per heavy atom. The van der Waals surface area contributed by atoms with Gasteiger partial charge in [-0.15, -0.1) is 11.3 Å². The van der Waals surface area contributed by atoms with Crippen molar-refractivity contribution >= 4 is 23.2 Å². The minimum atomic E-state index is -0.0441. The van der Waals surface area contributed by atoms with Crippen LogP contribution in [0.1, 0.15) is 37.0 Å². The van der Waals surface area contributed by atoms with Gasteiger partial charge < -0.3 is 4.79 Å². The molecule has 2 aliphatic rings. The highest BCUT2D eigenvalue weighted by Gasteiger charge is 2.45. The first kappa shape index (κ1) is 10.3. The summed E-state index contributed by atoms with van der Waals surface area (Å²) in [5, 5.41) is 2.12. The molecular formula is C14H16OS. The van der Waals surface area contributed by atoms with Crippen LogP contribution in [0.15, 0.2) is 23.6 Å². The quantitative estimate of drug-likeness (QED) is 0.706. The SMILES string of the molecule is O=C[C@@]12CC=C(c3cccs3)[C@@H]1CCCC2. The Hall–Kier alpha value is -0.890. The lowest BCUT2D eigenvalue weighted by atomic mass is 9.67. The molecule has 1 saturated carbocycles. The van der Waals surface area contributed by atoms with Crippen LogP contribution in [0.4, 0.5) is 0 Å². The van der Waals surface area contributed by atoms with Gasteiger partial charge in [-0.3, -0.25) is 0 Å². The van der Waals surface area contributed by atoms with E-state index < -0.39 is 0 Å². The molecule has 1 aromatic rings. The van der Waals surface area contributed by atoms with Gasteiger partial charge in [0.2, 0.25) is 0 Å².